The monoisotopic (exact) mass is 315 g/mol. The van der Waals surface area contributed by atoms with Crippen molar-refractivity contribution in [3.05, 3.63) is 36.3 Å². The summed E-state index contributed by atoms with van der Waals surface area (Å²) in [6, 6.07) is 9.50. The number of carbonyl (C=O) groups is 1. The topological polar surface area (TPSA) is 45.2 Å². The van der Waals surface area contributed by atoms with Crippen LogP contribution in [0, 0.1) is 11.9 Å². The molecule has 23 heavy (non-hydrogen) atoms. The van der Waals surface area contributed by atoms with Gasteiger partial charge in [0.05, 0.1) is 0 Å². The van der Waals surface area contributed by atoms with Crippen molar-refractivity contribution in [1.29, 1.82) is 0 Å². The maximum Gasteiger partial charge on any atom is 0.222 e. The molecule has 1 aliphatic heterocycles. The lowest BCUT2D eigenvalue weighted by Gasteiger charge is -2.33. The number of rotatable bonds is 3. The summed E-state index contributed by atoms with van der Waals surface area (Å²) < 4.78 is 14.1. The molecule has 0 atom stereocenters. The number of aromatic nitrogens is 1. The van der Waals surface area contributed by atoms with Gasteiger partial charge in [0.25, 0.3) is 0 Å². The van der Waals surface area contributed by atoms with Crippen LogP contribution in [0.5, 0.6) is 0 Å². The van der Waals surface area contributed by atoms with E-state index in [4.69, 9.17) is 0 Å². The fourth-order valence-corrected chi connectivity index (χ4v) is 2.93. The van der Waals surface area contributed by atoms with Gasteiger partial charge in [0.1, 0.15) is 5.82 Å². The second-order valence-corrected chi connectivity index (χ2v) is 6.42. The van der Waals surface area contributed by atoms with Crippen LogP contribution in [-0.4, -0.2) is 30.0 Å². The molecule has 1 aromatic heterocycles. The number of fused-ring (bicyclic) bond motifs is 1. The zero-order valence-corrected chi connectivity index (χ0v) is 13.6. The van der Waals surface area contributed by atoms with Gasteiger partial charge in [-0.2, -0.15) is 4.39 Å². The standard InChI is InChI=1S/C18H22FN3O/c1-12(2)18(23)20-14-7-9-22(10-8-14)16-11-13-5-3-4-6-15(13)17(19)21-16/h3-6,11-12,14H,7-10H2,1-2H3,(H,20,23). The Morgan fingerprint density at radius 1 is 1.30 bits per heavy atom. The van der Waals surface area contributed by atoms with E-state index in [0.717, 1.165) is 31.3 Å². The van der Waals surface area contributed by atoms with Crippen molar-refractivity contribution in [2.45, 2.75) is 32.7 Å². The Balaban J connectivity index is 1.69. The fraction of sp³-hybridized carbons (Fsp3) is 0.444. The summed E-state index contributed by atoms with van der Waals surface area (Å²) in [4.78, 5) is 18.0. The van der Waals surface area contributed by atoms with Gasteiger partial charge >= 0.3 is 0 Å². The zero-order chi connectivity index (χ0) is 16.4. The van der Waals surface area contributed by atoms with E-state index in [2.05, 4.69) is 15.2 Å². The van der Waals surface area contributed by atoms with Gasteiger partial charge in [0.15, 0.2) is 0 Å². The summed E-state index contributed by atoms with van der Waals surface area (Å²) in [6.07, 6.45) is 1.71. The largest absolute Gasteiger partial charge is 0.356 e. The average Bonchev–Trinajstić information content (AvgIpc) is 2.55. The molecule has 2 aromatic rings. The molecule has 1 aliphatic rings. The summed E-state index contributed by atoms with van der Waals surface area (Å²) in [6.45, 7) is 5.33. The quantitative estimate of drug-likeness (QED) is 0.885. The molecular weight excluding hydrogens is 293 g/mol. The third kappa shape index (κ3) is 3.44. The predicted octanol–water partition coefficient (Wildman–Crippen LogP) is 3.11. The normalized spacial score (nSPS) is 16.1. The number of hydrogen-bond donors (Lipinski definition) is 1. The van der Waals surface area contributed by atoms with Gasteiger partial charge in [-0.25, -0.2) is 4.98 Å². The SMILES string of the molecule is CC(C)C(=O)NC1CCN(c2cc3ccccc3c(F)n2)CC1. The van der Waals surface area contributed by atoms with Crippen molar-refractivity contribution in [3.63, 3.8) is 0 Å². The van der Waals surface area contributed by atoms with Crippen LogP contribution in [0.25, 0.3) is 10.8 Å². The Labute approximate surface area is 135 Å². The molecule has 0 radical (unpaired) electrons. The van der Waals surface area contributed by atoms with E-state index in [9.17, 15) is 9.18 Å². The number of nitrogens with one attached hydrogen (secondary N) is 1. The number of carbonyl (C=O) groups excluding carboxylic acids is 1. The van der Waals surface area contributed by atoms with Gasteiger partial charge in [-0.15, -0.1) is 0 Å². The van der Waals surface area contributed by atoms with Crippen molar-refractivity contribution in [2.24, 2.45) is 5.92 Å². The summed E-state index contributed by atoms with van der Waals surface area (Å²) in [5, 5.41) is 4.49. The van der Waals surface area contributed by atoms with Crippen LogP contribution in [0.4, 0.5) is 10.2 Å². The minimum atomic E-state index is -0.423. The molecule has 1 amide bonds. The maximum atomic E-state index is 14.1. The number of halogens is 1. The minimum absolute atomic E-state index is 0.00396. The number of anilines is 1. The van der Waals surface area contributed by atoms with Crippen molar-refractivity contribution in [3.8, 4) is 0 Å². The van der Waals surface area contributed by atoms with E-state index < -0.39 is 5.95 Å². The Bertz CT molecular complexity index is 708. The molecule has 1 N–H and O–H groups in total. The van der Waals surface area contributed by atoms with Gasteiger partial charge in [0, 0.05) is 30.4 Å². The highest BCUT2D eigenvalue weighted by Gasteiger charge is 2.23. The van der Waals surface area contributed by atoms with Gasteiger partial charge in [-0.1, -0.05) is 32.0 Å². The van der Waals surface area contributed by atoms with Crippen LogP contribution in [0.15, 0.2) is 30.3 Å². The highest BCUT2D eigenvalue weighted by Crippen LogP contribution is 2.24. The molecule has 1 saturated heterocycles. The first-order valence-electron chi connectivity index (χ1n) is 8.15. The van der Waals surface area contributed by atoms with Crippen molar-refractivity contribution in [1.82, 2.24) is 10.3 Å². The summed E-state index contributed by atoms with van der Waals surface area (Å²) in [5.74, 6) is 0.353. The maximum absolute atomic E-state index is 14.1. The molecular formula is C18H22FN3O. The molecule has 0 saturated carbocycles. The molecule has 2 heterocycles. The van der Waals surface area contributed by atoms with E-state index in [1.807, 2.05) is 38.1 Å². The van der Waals surface area contributed by atoms with Gasteiger partial charge in [0.2, 0.25) is 11.9 Å². The summed E-state index contributed by atoms with van der Waals surface area (Å²) >= 11 is 0. The minimum Gasteiger partial charge on any atom is -0.356 e. The van der Waals surface area contributed by atoms with Gasteiger partial charge in [-0.3, -0.25) is 4.79 Å². The van der Waals surface area contributed by atoms with Crippen LogP contribution in [0.1, 0.15) is 26.7 Å². The van der Waals surface area contributed by atoms with Crippen LogP contribution < -0.4 is 10.2 Å². The smallest absolute Gasteiger partial charge is 0.222 e. The molecule has 1 aromatic carbocycles. The molecule has 3 rings (SSSR count). The number of piperidine rings is 1. The molecule has 0 bridgehead atoms. The number of nitrogens with zero attached hydrogens (tertiary/aromatic N) is 2. The second kappa shape index (κ2) is 6.52. The Morgan fingerprint density at radius 3 is 2.70 bits per heavy atom. The molecule has 0 aliphatic carbocycles. The molecule has 0 unspecified atom stereocenters. The highest BCUT2D eigenvalue weighted by atomic mass is 19.1. The van der Waals surface area contributed by atoms with E-state index in [1.165, 1.54) is 0 Å². The predicted molar refractivity (Wildman–Crippen MR) is 89.9 cm³/mol. The Hall–Kier alpha value is -2.17. The lowest BCUT2D eigenvalue weighted by molar-refractivity contribution is -0.124. The van der Waals surface area contributed by atoms with Crippen molar-refractivity contribution >= 4 is 22.5 Å². The van der Waals surface area contributed by atoms with Crippen molar-refractivity contribution < 1.29 is 9.18 Å². The van der Waals surface area contributed by atoms with E-state index in [-0.39, 0.29) is 17.9 Å². The first kappa shape index (κ1) is 15.7. The molecule has 0 spiro atoms. The van der Waals surface area contributed by atoms with Crippen LogP contribution in [0.3, 0.4) is 0 Å². The number of benzene rings is 1. The number of hydrogen-bond acceptors (Lipinski definition) is 3. The van der Waals surface area contributed by atoms with E-state index >= 15 is 0 Å². The molecule has 4 nitrogen and oxygen atoms in total. The second-order valence-electron chi connectivity index (χ2n) is 6.42. The lowest BCUT2D eigenvalue weighted by Crippen LogP contribution is -2.46. The van der Waals surface area contributed by atoms with Gasteiger partial charge < -0.3 is 10.2 Å². The number of amides is 1. The lowest BCUT2D eigenvalue weighted by atomic mass is 10.0. The number of pyridine rings is 1. The Morgan fingerprint density at radius 2 is 2.00 bits per heavy atom. The van der Waals surface area contributed by atoms with E-state index in [0.29, 0.717) is 11.2 Å². The van der Waals surface area contributed by atoms with Crippen LogP contribution in [-0.2, 0) is 4.79 Å². The molecule has 5 heteroatoms. The first-order valence-corrected chi connectivity index (χ1v) is 8.15. The van der Waals surface area contributed by atoms with Crippen LogP contribution >= 0.6 is 0 Å². The van der Waals surface area contributed by atoms with E-state index in [1.54, 1.807) is 6.07 Å². The van der Waals surface area contributed by atoms with Crippen LogP contribution in [0.2, 0.25) is 0 Å². The molecule has 1 fully saturated rings. The summed E-state index contributed by atoms with van der Waals surface area (Å²) in [7, 11) is 0. The Kier molecular flexibility index (Phi) is 4.46. The van der Waals surface area contributed by atoms with Gasteiger partial charge in [-0.05, 0) is 30.4 Å². The zero-order valence-electron chi connectivity index (χ0n) is 13.6. The third-order valence-electron chi connectivity index (χ3n) is 4.37. The third-order valence-corrected chi connectivity index (χ3v) is 4.37. The average molecular weight is 315 g/mol. The summed E-state index contributed by atoms with van der Waals surface area (Å²) in [5.41, 5.74) is 0. The van der Waals surface area contributed by atoms with Crippen molar-refractivity contribution in [2.75, 3.05) is 18.0 Å². The highest BCUT2D eigenvalue weighted by molar-refractivity contribution is 5.84. The fourth-order valence-electron chi connectivity index (χ4n) is 2.93. The molecule has 122 valence electrons. The first-order chi connectivity index (χ1) is 11.0.